The molecule has 4 rings (SSSR count). The minimum absolute atomic E-state index is 0.0405. The van der Waals surface area contributed by atoms with Crippen LogP contribution in [0.25, 0.3) is 0 Å². The van der Waals surface area contributed by atoms with Crippen LogP contribution in [0.5, 0.6) is 5.75 Å². The Labute approximate surface area is 205 Å². The summed E-state index contributed by atoms with van der Waals surface area (Å²) in [6.07, 6.45) is 2.91. The van der Waals surface area contributed by atoms with E-state index >= 15 is 0 Å². The Hall–Kier alpha value is -3.31. The van der Waals surface area contributed by atoms with Gasteiger partial charge >= 0.3 is 0 Å². The maximum atomic E-state index is 13.5. The average Bonchev–Trinajstić information content (AvgIpc) is 3.32. The first-order valence-electron chi connectivity index (χ1n) is 11.6. The average molecular weight is 477 g/mol. The van der Waals surface area contributed by atoms with Crippen LogP contribution in [-0.2, 0) is 11.2 Å². The number of nitrogens with one attached hydrogen (secondary N) is 1. The molecule has 1 heterocycles. The van der Waals surface area contributed by atoms with E-state index in [0.29, 0.717) is 10.6 Å². The summed E-state index contributed by atoms with van der Waals surface area (Å²) in [7, 11) is 1.66. The number of amides is 2. The van der Waals surface area contributed by atoms with Crippen LogP contribution in [0.3, 0.4) is 0 Å². The molecule has 2 unspecified atom stereocenters. The Morgan fingerprint density at radius 1 is 1.06 bits per heavy atom. The smallest absolute Gasteiger partial charge is 0.253 e. The van der Waals surface area contributed by atoms with Gasteiger partial charge in [-0.1, -0.05) is 66.2 Å². The summed E-state index contributed by atoms with van der Waals surface area (Å²) >= 11 is 6.23. The van der Waals surface area contributed by atoms with Crippen LogP contribution < -0.4 is 10.1 Å². The van der Waals surface area contributed by atoms with Crippen LogP contribution in [0, 0.1) is 0 Å². The van der Waals surface area contributed by atoms with Crippen molar-refractivity contribution in [1.29, 1.82) is 0 Å². The number of carbonyl (C=O) groups excluding carboxylic acids is 2. The fraction of sp³-hybridized carbons (Fsp3) is 0.286. The largest absolute Gasteiger partial charge is 0.497 e. The third-order valence-electron chi connectivity index (χ3n) is 6.31. The predicted molar refractivity (Wildman–Crippen MR) is 134 cm³/mol. The fourth-order valence-electron chi connectivity index (χ4n) is 4.56. The number of carbonyl (C=O) groups is 2. The summed E-state index contributed by atoms with van der Waals surface area (Å²) in [6, 6.07) is 24.2. The molecule has 0 radical (unpaired) electrons. The number of methoxy groups -OCH3 is 1. The highest BCUT2D eigenvalue weighted by Gasteiger charge is 2.31. The van der Waals surface area contributed by atoms with Gasteiger partial charge < -0.3 is 15.0 Å². The number of halogens is 1. The van der Waals surface area contributed by atoms with Crippen molar-refractivity contribution in [1.82, 2.24) is 10.2 Å². The first-order chi connectivity index (χ1) is 16.5. The third kappa shape index (κ3) is 5.78. The highest BCUT2D eigenvalue weighted by Crippen LogP contribution is 2.27. The summed E-state index contributed by atoms with van der Waals surface area (Å²) in [5, 5.41) is 3.42. The molecule has 2 amide bonds. The quantitative estimate of drug-likeness (QED) is 0.470. The zero-order chi connectivity index (χ0) is 23.9. The third-order valence-corrected chi connectivity index (χ3v) is 6.64. The van der Waals surface area contributed by atoms with Gasteiger partial charge in [0.05, 0.1) is 30.2 Å². The molecular formula is C28H29ClN2O3. The summed E-state index contributed by atoms with van der Waals surface area (Å²) in [6.45, 7) is 0.730. The van der Waals surface area contributed by atoms with Crippen LogP contribution in [0.15, 0.2) is 78.9 Å². The van der Waals surface area contributed by atoms with Crippen molar-refractivity contribution < 1.29 is 14.3 Å². The lowest BCUT2D eigenvalue weighted by Crippen LogP contribution is -2.40. The van der Waals surface area contributed by atoms with Gasteiger partial charge in [0.1, 0.15) is 5.75 Å². The lowest BCUT2D eigenvalue weighted by atomic mass is 10.0. The molecule has 0 spiro atoms. The molecule has 3 aromatic carbocycles. The number of hydrogen-bond acceptors (Lipinski definition) is 3. The van der Waals surface area contributed by atoms with Crippen molar-refractivity contribution in [2.75, 3.05) is 13.7 Å². The van der Waals surface area contributed by atoms with Crippen molar-refractivity contribution in [3.63, 3.8) is 0 Å². The molecule has 6 heteroatoms. The number of likely N-dealkylation sites (tertiary alicyclic amines) is 1. The SMILES string of the molecule is COc1cccc(CC2CCCN2C(=O)CC(NC(=O)c2ccccc2Cl)c2ccccc2)c1. The van der Waals surface area contributed by atoms with Gasteiger partial charge in [-0.2, -0.15) is 0 Å². The van der Waals surface area contributed by atoms with Crippen LogP contribution in [0.2, 0.25) is 5.02 Å². The van der Waals surface area contributed by atoms with Crippen molar-refractivity contribution >= 4 is 23.4 Å². The normalized spacial score (nSPS) is 16.2. The van der Waals surface area contributed by atoms with Gasteiger partial charge in [-0.3, -0.25) is 9.59 Å². The second-order valence-electron chi connectivity index (χ2n) is 8.56. The molecule has 176 valence electrons. The molecule has 0 aliphatic carbocycles. The second kappa shape index (κ2) is 11.2. The summed E-state index contributed by atoms with van der Waals surface area (Å²) < 4.78 is 5.35. The Morgan fingerprint density at radius 2 is 1.82 bits per heavy atom. The molecule has 1 fully saturated rings. The summed E-state index contributed by atoms with van der Waals surface area (Å²) in [4.78, 5) is 28.4. The van der Waals surface area contributed by atoms with Gasteiger partial charge in [-0.15, -0.1) is 0 Å². The highest BCUT2D eigenvalue weighted by atomic mass is 35.5. The molecular weight excluding hydrogens is 448 g/mol. The van der Waals surface area contributed by atoms with E-state index in [1.807, 2.05) is 53.4 Å². The fourth-order valence-corrected chi connectivity index (χ4v) is 4.78. The Balaban J connectivity index is 1.49. The molecule has 2 atom stereocenters. The van der Waals surface area contributed by atoms with Gasteiger partial charge in [0.15, 0.2) is 0 Å². The zero-order valence-corrected chi connectivity index (χ0v) is 20.0. The minimum atomic E-state index is -0.449. The molecule has 1 aliphatic heterocycles. The standard InChI is InChI=1S/C28H29ClN2O3/c1-34-23-13-7-9-20(18-23)17-22-12-8-16-31(22)27(32)19-26(21-10-3-2-4-11-21)30-28(33)24-14-5-6-15-25(24)29/h2-7,9-11,13-15,18,22,26H,8,12,16-17,19H2,1H3,(H,30,33). The molecule has 0 bridgehead atoms. The van der Waals surface area contributed by atoms with Crippen molar-refractivity contribution in [3.8, 4) is 5.75 Å². The van der Waals surface area contributed by atoms with E-state index in [1.165, 1.54) is 0 Å². The van der Waals surface area contributed by atoms with Gasteiger partial charge in [0.25, 0.3) is 5.91 Å². The van der Waals surface area contributed by atoms with Gasteiger partial charge in [0.2, 0.25) is 5.91 Å². The van der Waals surface area contributed by atoms with E-state index in [1.54, 1.807) is 31.4 Å². The molecule has 3 aromatic rings. The van der Waals surface area contributed by atoms with E-state index in [0.717, 1.165) is 42.7 Å². The van der Waals surface area contributed by atoms with E-state index < -0.39 is 6.04 Å². The van der Waals surface area contributed by atoms with Crippen molar-refractivity contribution in [2.45, 2.75) is 37.8 Å². The Kier molecular flexibility index (Phi) is 7.86. The molecule has 1 saturated heterocycles. The first-order valence-corrected chi connectivity index (χ1v) is 12.0. The Morgan fingerprint density at radius 3 is 2.59 bits per heavy atom. The lowest BCUT2D eigenvalue weighted by molar-refractivity contribution is -0.132. The predicted octanol–water partition coefficient (Wildman–Crippen LogP) is 5.44. The summed E-state index contributed by atoms with van der Waals surface area (Å²) in [5.74, 6) is 0.570. The van der Waals surface area contributed by atoms with Gasteiger partial charge in [-0.25, -0.2) is 0 Å². The molecule has 5 nitrogen and oxygen atoms in total. The van der Waals surface area contributed by atoms with Crippen molar-refractivity contribution in [3.05, 3.63) is 101 Å². The van der Waals surface area contributed by atoms with E-state index in [9.17, 15) is 9.59 Å². The van der Waals surface area contributed by atoms with E-state index in [4.69, 9.17) is 16.3 Å². The van der Waals surface area contributed by atoms with Crippen molar-refractivity contribution in [2.24, 2.45) is 0 Å². The minimum Gasteiger partial charge on any atom is -0.497 e. The number of ether oxygens (including phenoxy) is 1. The van der Waals surface area contributed by atoms with Crippen LogP contribution in [0.1, 0.15) is 46.8 Å². The number of nitrogens with zero attached hydrogens (tertiary/aromatic N) is 1. The highest BCUT2D eigenvalue weighted by molar-refractivity contribution is 6.33. The zero-order valence-electron chi connectivity index (χ0n) is 19.2. The lowest BCUT2D eigenvalue weighted by Gasteiger charge is -2.28. The first kappa shape index (κ1) is 23.8. The van der Waals surface area contributed by atoms with Crippen LogP contribution in [-0.4, -0.2) is 36.4 Å². The van der Waals surface area contributed by atoms with Crippen LogP contribution >= 0.6 is 11.6 Å². The molecule has 0 aromatic heterocycles. The second-order valence-corrected chi connectivity index (χ2v) is 8.97. The number of benzene rings is 3. The maximum Gasteiger partial charge on any atom is 0.253 e. The van der Waals surface area contributed by atoms with Gasteiger partial charge in [0, 0.05) is 12.6 Å². The van der Waals surface area contributed by atoms with E-state index in [2.05, 4.69) is 11.4 Å². The molecule has 34 heavy (non-hydrogen) atoms. The Bertz CT molecular complexity index is 1140. The van der Waals surface area contributed by atoms with E-state index in [-0.39, 0.29) is 24.3 Å². The number of hydrogen-bond donors (Lipinski definition) is 1. The molecule has 1 aliphatic rings. The number of rotatable bonds is 8. The molecule has 1 N–H and O–H groups in total. The summed E-state index contributed by atoms with van der Waals surface area (Å²) in [5.41, 5.74) is 2.44. The topological polar surface area (TPSA) is 58.6 Å². The van der Waals surface area contributed by atoms with Crippen LogP contribution in [0.4, 0.5) is 0 Å². The van der Waals surface area contributed by atoms with Gasteiger partial charge in [-0.05, 0) is 54.7 Å². The molecule has 0 saturated carbocycles. The monoisotopic (exact) mass is 476 g/mol. The maximum absolute atomic E-state index is 13.5.